The average Bonchev–Trinajstić information content (AvgIpc) is 2.29. The molecule has 0 saturated heterocycles. The molecule has 0 aliphatic rings. The van der Waals surface area contributed by atoms with E-state index in [1.807, 2.05) is 0 Å². The molecule has 0 atom stereocenters. The lowest BCUT2D eigenvalue weighted by molar-refractivity contribution is 0.321. The van der Waals surface area contributed by atoms with E-state index in [1.54, 1.807) is 0 Å². The van der Waals surface area contributed by atoms with Crippen LogP contribution in [0.2, 0.25) is 0 Å². The average molecular weight is 234 g/mol. The lowest BCUT2D eigenvalue weighted by Gasteiger charge is -2.18. The van der Waals surface area contributed by atoms with Crippen molar-refractivity contribution in [2.24, 2.45) is 5.92 Å². The first-order chi connectivity index (χ1) is 8.08. The van der Waals surface area contributed by atoms with Crippen LogP contribution in [0.1, 0.15) is 25.8 Å². The summed E-state index contributed by atoms with van der Waals surface area (Å²) in [5.74, 6) is 0.794. The highest BCUT2D eigenvalue weighted by Gasteiger charge is 2.00. The lowest BCUT2D eigenvalue weighted by Crippen LogP contribution is -2.26. The summed E-state index contributed by atoms with van der Waals surface area (Å²) in [4.78, 5) is 2.39. The van der Waals surface area contributed by atoms with Crippen molar-refractivity contribution >= 4 is 5.69 Å². The Balaban J connectivity index is 2.16. The van der Waals surface area contributed by atoms with Crippen molar-refractivity contribution in [3.8, 4) is 0 Å². The first kappa shape index (κ1) is 14.0. The van der Waals surface area contributed by atoms with Gasteiger partial charge in [-0.1, -0.05) is 31.5 Å². The first-order valence-corrected chi connectivity index (χ1v) is 6.57. The molecule has 1 rings (SSSR count). The predicted octanol–water partition coefficient (Wildman–Crippen LogP) is 3.38. The molecule has 0 bridgehead atoms. The van der Waals surface area contributed by atoms with Gasteiger partial charge in [0.15, 0.2) is 0 Å². The van der Waals surface area contributed by atoms with Crippen molar-refractivity contribution in [2.75, 3.05) is 32.0 Å². The van der Waals surface area contributed by atoms with Gasteiger partial charge in [0.1, 0.15) is 0 Å². The van der Waals surface area contributed by atoms with Crippen molar-refractivity contribution in [3.63, 3.8) is 0 Å². The molecule has 0 unspecified atom stereocenters. The standard InChI is InChI=1S/C15H26N2/c1-13(2)9-11-17(4)12-10-16-15-7-5-14(3)6-8-15/h5-8,13,16H,9-12H2,1-4H3. The van der Waals surface area contributed by atoms with Gasteiger partial charge < -0.3 is 10.2 Å². The first-order valence-electron chi connectivity index (χ1n) is 6.57. The Morgan fingerprint density at radius 2 is 1.76 bits per heavy atom. The van der Waals surface area contributed by atoms with Crippen molar-refractivity contribution < 1.29 is 0 Å². The van der Waals surface area contributed by atoms with Crippen molar-refractivity contribution in [2.45, 2.75) is 27.2 Å². The van der Waals surface area contributed by atoms with Crippen LogP contribution >= 0.6 is 0 Å². The number of nitrogens with zero attached hydrogens (tertiary/aromatic N) is 1. The highest BCUT2D eigenvalue weighted by atomic mass is 15.1. The number of benzene rings is 1. The summed E-state index contributed by atoms with van der Waals surface area (Å²) in [7, 11) is 2.19. The molecule has 0 fully saturated rings. The van der Waals surface area contributed by atoms with E-state index in [4.69, 9.17) is 0 Å². The molecule has 1 aromatic rings. The van der Waals surface area contributed by atoms with E-state index in [0.717, 1.165) is 19.0 Å². The number of hydrogen-bond acceptors (Lipinski definition) is 2. The van der Waals surface area contributed by atoms with E-state index in [2.05, 4.69) is 62.3 Å². The number of aryl methyl sites for hydroxylation is 1. The van der Waals surface area contributed by atoms with E-state index in [-0.39, 0.29) is 0 Å². The molecule has 1 N–H and O–H groups in total. The topological polar surface area (TPSA) is 15.3 Å². The van der Waals surface area contributed by atoms with Gasteiger partial charge in [-0.25, -0.2) is 0 Å². The van der Waals surface area contributed by atoms with Crippen LogP contribution in [0.4, 0.5) is 5.69 Å². The zero-order valence-electron chi connectivity index (χ0n) is 11.7. The van der Waals surface area contributed by atoms with Gasteiger partial charge in [0, 0.05) is 18.8 Å². The minimum absolute atomic E-state index is 0.794. The molecule has 0 aliphatic carbocycles. The molecule has 0 saturated carbocycles. The van der Waals surface area contributed by atoms with Gasteiger partial charge in [-0.15, -0.1) is 0 Å². The van der Waals surface area contributed by atoms with Gasteiger partial charge in [-0.05, 0) is 45.0 Å². The van der Waals surface area contributed by atoms with Crippen LogP contribution in [0.15, 0.2) is 24.3 Å². The maximum Gasteiger partial charge on any atom is 0.0340 e. The van der Waals surface area contributed by atoms with Gasteiger partial charge >= 0.3 is 0 Å². The molecule has 0 aliphatic heterocycles. The van der Waals surface area contributed by atoms with Crippen LogP contribution in [0.5, 0.6) is 0 Å². The van der Waals surface area contributed by atoms with Crippen LogP contribution in [0.3, 0.4) is 0 Å². The Bertz CT molecular complexity index is 303. The molecule has 1 aromatic carbocycles. The van der Waals surface area contributed by atoms with Gasteiger partial charge in [0.25, 0.3) is 0 Å². The van der Waals surface area contributed by atoms with E-state index in [1.165, 1.54) is 24.2 Å². The Kier molecular flexibility index (Phi) is 6.06. The normalized spacial score (nSPS) is 11.2. The van der Waals surface area contributed by atoms with E-state index in [9.17, 15) is 0 Å². The lowest BCUT2D eigenvalue weighted by atomic mass is 10.1. The molecule has 0 aromatic heterocycles. The zero-order chi connectivity index (χ0) is 12.7. The van der Waals surface area contributed by atoms with Crippen LogP contribution in [-0.4, -0.2) is 31.6 Å². The highest BCUT2D eigenvalue weighted by molar-refractivity contribution is 5.44. The number of anilines is 1. The third kappa shape index (κ3) is 6.32. The maximum atomic E-state index is 3.45. The van der Waals surface area contributed by atoms with E-state index >= 15 is 0 Å². The molecular weight excluding hydrogens is 208 g/mol. The Morgan fingerprint density at radius 1 is 1.12 bits per heavy atom. The molecule has 0 spiro atoms. The largest absolute Gasteiger partial charge is 0.384 e. The van der Waals surface area contributed by atoms with Crippen LogP contribution in [0, 0.1) is 12.8 Å². The number of nitrogens with one attached hydrogen (secondary N) is 1. The van der Waals surface area contributed by atoms with Gasteiger partial charge in [0.2, 0.25) is 0 Å². The summed E-state index contributed by atoms with van der Waals surface area (Å²) in [6.07, 6.45) is 1.28. The summed E-state index contributed by atoms with van der Waals surface area (Å²) in [6, 6.07) is 8.57. The van der Waals surface area contributed by atoms with E-state index in [0.29, 0.717) is 0 Å². The molecular formula is C15H26N2. The number of hydrogen-bond donors (Lipinski definition) is 1. The molecule has 0 heterocycles. The second kappa shape index (κ2) is 7.33. The summed E-state index contributed by atoms with van der Waals surface area (Å²) in [5, 5.41) is 3.45. The van der Waals surface area contributed by atoms with Gasteiger partial charge in [-0.3, -0.25) is 0 Å². The van der Waals surface area contributed by atoms with Gasteiger partial charge in [0.05, 0.1) is 0 Å². The van der Waals surface area contributed by atoms with Crippen molar-refractivity contribution in [1.29, 1.82) is 0 Å². The minimum atomic E-state index is 0.794. The summed E-state index contributed by atoms with van der Waals surface area (Å²) >= 11 is 0. The molecule has 2 nitrogen and oxygen atoms in total. The van der Waals surface area contributed by atoms with Crippen LogP contribution in [0.25, 0.3) is 0 Å². The quantitative estimate of drug-likeness (QED) is 0.778. The fourth-order valence-electron chi connectivity index (χ4n) is 1.65. The minimum Gasteiger partial charge on any atom is -0.384 e. The number of rotatable bonds is 7. The van der Waals surface area contributed by atoms with E-state index < -0.39 is 0 Å². The zero-order valence-corrected chi connectivity index (χ0v) is 11.7. The molecule has 2 heteroatoms. The monoisotopic (exact) mass is 234 g/mol. The Hall–Kier alpha value is -1.02. The number of likely N-dealkylation sites (N-methyl/N-ethyl adjacent to an activating group) is 1. The predicted molar refractivity (Wildman–Crippen MR) is 76.6 cm³/mol. The molecule has 0 amide bonds. The molecule has 0 radical (unpaired) electrons. The smallest absolute Gasteiger partial charge is 0.0340 e. The summed E-state index contributed by atoms with van der Waals surface area (Å²) in [6.45, 7) is 9.96. The SMILES string of the molecule is Cc1ccc(NCCN(C)CCC(C)C)cc1. The van der Waals surface area contributed by atoms with Gasteiger partial charge in [-0.2, -0.15) is 0 Å². The Labute approximate surface area is 106 Å². The van der Waals surface area contributed by atoms with Crippen LogP contribution in [-0.2, 0) is 0 Å². The Morgan fingerprint density at radius 3 is 2.35 bits per heavy atom. The highest BCUT2D eigenvalue weighted by Crippen LogP contribution is 2.08. The third-order valence-corrected chi connectivity index (χ3v) is 2.96. The summed E-state index contributed by atoms with van der Waals surface area (Å²) in [5.41, 5.74) is 2.53. The fourth-order valence-corrected chi connectivity index (χ4v) is 1.65. The summed E-state index contributed by atoms with van der Waals surface area (Å²) < 4.78 is 0. The molecule has 17 heavy (non-hydrogen) atoms. The second-order valence-corrected chi connectivity index (χ2v) is 5.28. The maximum absolute atomic E-state index is 3.45. The second-order valence-electron chi connectivity index (χ2n) is 5.28. The van der Waals surface area contributed by atoms with Crippen LogP contribution < -0.4 is 5.32 Å². The third-order valence-electron chi connectivity index (χ3n) is 2.96. The molecule has 96 valence electrons. The van der Waals surface area contributed by atoms with Crippen molar-refractivity contribution in [3.05, 3.63) is 29.8 Å². The van der Waals surface area contributed by atoms with Crippen molar-refractivity contribution in [1.82, 2.24) is 4.90 Å². The fraction of sp³-hybridized carbons (Fsp3) is 0.600.